The minimum absolute atomic E-state index is 0.0400. The Kier molecular flexibility index (Phi) is 5.48. The number of hydrogen-bond acceptors (Lipinski definition) is 4. The summed E-state index contributed by atoms with van der Waals surface area (Å²) in [6.07, 6.45) is 0.159. The Hall–Kier alpha value is -2.99. The van der Waals surface area contributed by atoms with Crippen LogP contribution in [0.15, 0.2) is 77.3 Å². The van der Waals surface area contributed by atoms with E-state index in [1.807, 2.05) is 47.8 Å². The third-order valence-electron chi connectivity index (χ3n) is 4.58. The molecule has 4 nitrogen and oxygen atoms in total. The predicted molar refractivity (Wildman–Crippen MR) is 108 cm³/mol. The molecule has 0 saturated heterocycles. The number of amides is 1. The molecule has 4 rings (SSSR count). The molecule has 1 aromatic heterocycles. The van der Waals surface area contributed by atoms with Crippen molar-refractivity contribution in [1.82, 2.24) is 4.90 Å². The lowest BCUT2D eigenvalue weighted by Gasteiger charge is -2.24. The number of oxime groups is 1. The minimum atomic E-state index is -0.318. The number of halogens is 1. The molecule has 1 aliphatic rings. The maximum absolute atomic E-state index is 14.0. The van der Waals surface area contributed by atoms with E-state index >= 15 is 0 Å². The van der Waals surface area contributed by atoms with Gasteiger partial charge in [0, 0.05) is 18.5 Å². The maximum Gasteiger partial charge on any atom is 0.264 e. The van der Waals surface area contributed by atoms with E-state index in [9.17, 15) is 9.18 Å². The Morgan fingerprint density at radius 1 is 1.11 bits per heavy atom. The number of thiophene rings is 1. The summed E-state index contributed by atoms with van der Waals surface area (Å²) in [6, 6.07) is 20.0. The summed E-state index contributed by atoms with van der Waals surface area (Å²) in [5.41, 5.74) is 2.07. The van der Waals surface area contributed by atoms with Crippen molar-refractivity contribution in [1.29, 1.82) is 0 Å². The van der Waals surface area contributed by atoms with Gasteiger partial charge in [-0.25, -0.2) is 4.39 Å². The number of carbonyl (C=O) groups excluding carboxylic acids is 1. The third-order valence-corrected chi connectivity index (χ3v) is 5.44. The first-order valence-corrected chi connectivity index (χ1v) is 9.93. The molecule has 28 heavy (non-hydrogen) atoms. The molecule has 1 unspecified atom stereocenters. The highest BCUT2D eigenvalue weighted by atomic mass is 32.1. The topological polar surface area (TPSA) is 41.9 Å². The molecule has 0 aliphatic carbocycles. The fourth-order valence-corrected chi connectivity index (χ4v) is 3.90. The van der Waals surface area contributed by atoms with Gasteiger partial charge in [-0.1, -0.05) is 59.8 Å². The van der Waals surface area contributed by atoms with Gasteiger partial charge in [0.1, 0.15) is 5.82 Å². The summed E-state index contributed by atoms with van der Waals surface area (Å²) in [6.45, 7) is 0.861. The van der Waals surface area contributed by atoms with E-state index in [0.29, 0.717) is 35.7 Å². The van der Waals surface area contributed by atoms with Crippen molar-refractivity contribution < 1.29 is 14.0 Å². The number of carbonyl (C=O) groups is 1. The molecule has 1 atom stereocenters. The van der Waals surface area contributed by atoms with Gasteiger partial charge in [0.2, 0.25) is 0 Å². The van der Waals surface area contributed by atoms with E-state index in [0.717, 1.165) is 5.56 Å². The molecule has 0 spiro atoms. The molecule has 142 valence electrons. The van der Waals surface area contributed by atoms with E-state index in [1.165, 1.54) is 17.4 Å². The fraction of sp³-hybridized carbons (Fsp3) is 0.182. The van der Waals surface area contributed by atoms with Gasteiger partial charge < -0.3 is 9.74 Å². The van der Waals surface area contributed by atoms with Crippen molar-refractivity contribution in [2.75, 3.05) is 6.54 Å². The zero-order valence-electron chi connectivity index (χ0n) is 15.1. The van der Waals surface area contributed by atoms with Crippen LogP contribution in [0.4, 0.5) is 4.39 Å². The van der Waals surface area contributed by atoms with Crippen LogP contribution in [-0.4, -0.2) is 29.2 Å². The monoisotopic (exact) mass is 394 g/mol. The second kappa shape index (κ2) is 8.35. The van der Waals surface area contributed by atoms with Gasteiger partial charge in [-0.05, 0) is 23.1 Å². The number of rotatable bonds is 6. The van der Waals surface area contributed by atoms with Gasteiger partial charge in [-0.2, -0.15) is 0 Å². The second-order valence-electron chi connectivity index (χ2n) is 6.60. The summed E-state index contributed by atoms with van der Waals surface area (Å²) < 4.78 is 14.0. The molecule has 1 aliphatic heterocycles. The first-order valence-electron chi connectivity index (χ1n) is 9.05. The molecule has 6 heteroatoms. The molecule has 0 saturated carbocycles. The minimum Gasteiger partial charge on any atom is -0.390 e. The second-order valence-corrected chi connectivity index (χ2v) is 7.55. The molecule has 0 fully saturated rings. The van der Waals surface area contributed by atoms with Gasteiger partial charge in [0.05, 0.1) is 17.1 Å². The van der Waals surface area contributed by atoms with E-state index in [-0.39, 0.29) is 17.8 Å². The summed E-state index contributed by atoms with van der Waals surface area (Å²) in [5.74, 6) is -0.358. The van der Waals surface area contributed by atoms with Crippen LogP contribution in [0.25, 0.3) is 0 Å². The summed E-state index contributed by atoms with van der Waals surface area (Å²) in [7, 11) is 0. The zero-order chi connectivity index (χ0) is 19.3. The van der Waals surface area contributed by atoms with Gasteiger partial charge in [0.15, 0.2) is 6.10 Å². The lowest BCUT2D eigenvalue weighted by molar-refractivity contribution is 0.0408. The molecule has 0 bridgehead atoms. The molecule has 0 radical (unpaired) electrons. The van der Waals surface area contributed by atoms with Crippen molar-refractivity contribution in [3.8, 4) is 0 Å². The van der Waals surface area contributed by atoms with E-state index in [2.05, 4.69) is 5.16 Å². The molecular weight excluding hydrogens is 375 g/mol. The van der Waals surface area contributed by atoms with Crippen LogP contribution in [0, 0.1) is 5.82 Å². The average molecular weight is 394 g/mol. The molecule has 3 aromatic rings. The zero-order valence-corrected chi connectivity index (χ0v) is 15.9. The third kappa shape index (κ3) is 4.12. The van der Waals surface area contributed by atoms with Crippen molar-refractivity contribution >= 4 is 23.0 Å². The predicted octanol–water partition coefficient (Wildman–Crippen LogP) is 4.72. The van der Waals surface area contributed by atoms with Crippen molar-refractivity contribution in [3.63, 3.8) is 0 Å². The quantitative estimate of drug-likeness (QED) is 0.607. The molecule has 1 amide bonds. The summed E-state index contributed by atoms with van der Waals surface area (Å²) in [5, 5.41) is 5.96. The van der Waals surface area contributed by atoms with Crippen molar-refractivity contribution in [2.45, 2.75) is 19.1 Å². The Labute approximate surface area is 166 Å². The van der Waals surface area contributed by atoms with Crippen LogP contribution < -0.4 is 0 Å². The van der Waals surface area contributed by atoms with Gasteiger partial charge in [0.25, 0.3) is 5.91 Å². The Bertz CT molecular complexity index is 973. The lowest BCUT2D eigenvalue weighted by atomic mass is 10.0. The van der Waals surface area contributed by atoms with Gasteiger partial charge >= 0.3 is 0 Å². The largest absolute Gasteiger partial charge is 0.390 e. The first-order chi connectivity index (χ1) is 13.7. The Morgan fingerprint density at radius 3 is 2.64 bits per heavy atom. The Morgan fingerprint density at radius 2 is 1.89 bits per heavy atom. The van der Waals surface area contributed by atoms with Crippen LogP contribution in [0.1, 0.15) is 27.2 Å². The molecule has 2 heterocycles. The number of hydrogen-bond donors (Lipinski definition) is 0. The van der Waals surface area contributed by atoms with E-state index in [1.54, 1.807) is 23.1 Å². The highest BCUT2D eigenvalue weighted by Gasteiger charge is 2.28. The van der Waals surface area contributed by atoms with Crippen LogP contribution in [0.3, 0.4) is 0 Å². The SMILES string of the molecule is O=C(c1cccs1)N(Cc1ccccc1)CC1CC(c2ccccc2F)=NO1. The normalized spacial score (nSPS) is 15.8. The molecule has 0 N–H and O–H groups in total. The average Bonchev–Trinajstić information content (AvgIpc) is 3.40. The first kappa shape index (κ1) is 18.4. The van der Waals surface area contributed by atoms with Gasteiger partial charge in [-0.3, -0.25) is 4.79 Å². The van der Waals surface area contributed by atoms with Gasteiger partial charge in [-0.15, -0.1) is 11.3 Å². The van der Waals surface area contributed by atoms with Crippen LogP contribution in [-0.2, 0) is 11.4 Å². The van der Waals surface area contributed by atoms with E-state index in [4.69, 9.17) is 4.84 Å². The van der Waals surface area contributed by atoms with Crippen LogP contribution in [0.5, 0.6) is 0 Å². The highest BCUT2D eigenvalue weighted by Crippen LogP contribution is 2.22. The highest BCUT2D eigenvalue weighted by molar-refractivity contribution is 7.12. The summed E-state index contributed by atoms with van der Waals surface area (Å²) in [4.78, 5) is 21.0. The number of nitrogens with zero attached hydrogens (tertiary/aromatic N) is 2. The lowest BCUT2D eigenvalue weighted by Crippen LogP contribution is -2.37. The van der Waals surface area contributed by atoms with Crippen LogP contribution in [0.2, 0.25) is 0 Å². The van der Waals surface area contributed by atoms with Crippen LogP contribution >= 0.6 is 11.3 Å². The fourth-order valence-electron chi connectivity index (χ4n) is 3.21. The van der Waals surface area contributed by atoms with Crippen molar-refractivity contribution in [2.24, 2.45) is 5.16 Å². The van der Waals surface area contributed by atoms with Crippen molar-refractivity contribution in [3.05, 3.63) is 93.9 Å². The standard InChI is InChI=1S/C22H19FN2O2S/c23-19-10-5-4-9-18(19)20-13-17(27-24-20)15-25(14-16-7-2-1-3-8-16)22(26)21-11-6-12-28-21/h1-12,17H,13-15H2. The molecule has 2 aromatic carbocycles. The molecular formula is C22H19FN2O2S. The smallest absolute Gasteiger partial charge is 0.264 e. The maximum atomic E-state index is 14.0. The Balaban J connectivity index is 1.49. The number of benzene rings is 2. The summed E-state index contributed by atoms with van der Waals surface area (Å²) >= 11 is 1.42. The van der Waals surface area contributed by atoms with E-state index < -0.39 is 0 Å².